The van der Waals surface area contributed by atoms with Gasteiger partial charge in [0.15, 0.2) is 0 Å². The summed E-state index contributed by atoms with van der Waals surface area (Å²) in [7, 11) is 1.26. The van der Waals surface area contributed by atoms with Crippen molar-refractivity contribution in [3.63, 3.8) is 0 Å². The maximum absolute atomic E-state index is 12.1. The second-order valence-corrected chi connectivity index (χ2v) is 3.82. The summed E-state index contributed by atoms with van der Waals surface area (Å²) < 4.78 is 41.0. The van der Waals surface area contributed by atoms with E-state index in [1.54, 1.807) is 0 Å². The zero-order valence-electron chi connectivity index (χ0n) is 8.15. The summed E-state index contributed by atoms with van der Waals surface area (Å²) in [6.45, 7) is 0. The zero-order valence-corrected chi connectivity index (χ0v) is 8.97. The number of hydrogen-bond acceptors (Lipinski definition) is 4. The van der Waals surface area contributed by atoms with Gasteiger partial charge in [-0.15, -0.1) is 0 Å². The van der Waals surface area contributed by atoms with E-state index in [1.807, 2.05) is 0 Å². The van der Waals surface area contributed by atoms with E-state index >= 15 is 0 Å². The number of alkyl halides is 3. The molecular formula is C9H8F3NO2S. The van der Waals surface area contributed by atoms with Crippen LogP contribution in [0.1, 0.15) is 5.56 Å². The van der Waals surface area contributed by atoms with Crippen molar-refractivity contribution in [2.24, 2.45) is 5.16 Å². The largest absolute Gasteiger partial charge is 0.479 e. The first kappa shape index (κ1) is 12.7. The predicted octanol–water partition coefficient (Wildman–Crippen LogP) is 3.08. The molecule has 1 N–H and O–H groups in total. The van der Waals surface area contributed by atoms with Crippen LogP contribution in [0.25, 0.3) is 0 Å². The molecule has 0 aliphatic carbocycles. The smallest absolute Gasteiger partial charge is 0.446 e. The summed E-state index contributed by atoms with van der Waals surface area (Å²) in [5.41, 5.74) is -4.07. The Kier molecular flexibility index (Phi) is 4.05. The van der Waals surface area contributed by atoms with Gasteiger partial charge in [-0.1, -0.05) is 6.07 Å². The van der Waals surface area contributed by atoms with Gasteiger partial charge in [0.05, 0.1) is 7.11 Å². The van der Waals surface area contributed by atoms with E-state index in [-0.39, 0.29) is 28.1 Å². The van der Waals surface area contributed by atoms with Gasteiger partial charge < -0.3 is 9.94 Å². The van der Waals surface area contributed by atoms with Crippen molar-refractivity contribution in [2.45, 2.75) is 10.4 Å². The number of thioether (sulfide) groups is 1. The molecule has 0 aliphatic heterocycles. The van der Waals surface area contributed by atoms with Gasteiger partial charge >= 0.3 is 5.51 Å². The average Bonchev–Trinajstić information content (AvgIpc) is 2.17. The molecule has 0 fully saturated rings. The number of halogens is 3. The lowest BCUT2D eigenvalue weighted by Gasteiger charge is -2.07. The van der Waals surface area contributed by atoms with Gasteiger partial charge in [-0.05, 0) is 35.1 Å². The van der Waals surface area contributed by atoms with Crippen LogP contribution in [0, 0.1) is 0 Å². The van der Waals surface area contributed by atoms with Gasteiger partial charge in [-0.2, -0.15) is 13.2 Å². The highest BCUT2D eigenvalue weighted by atomic mass is 32.2. The minimum atomic E-state index is -4.35. The van der Waals surface area contributed by atoms with Crippen molar-refractivity contribution in [2.75, 3.05) is 7.11 Å². The lowest BCUT2D eigenvalue weighted by molar-refractivity contribution is -0.0328. The Bertz CT molecular complexity index is 393. The molecule has 16 heavy (non-hydrogen) atoms. The van der Waals surface area contributed by atoms with Crippen molar-refractivity contribution in [3.8, 4) is 0 Å². The fourth-order valence-corrected chi connectivity index (χ4v) is 1.64. The summed E-state index contributed by atoms with van der Waals surface area (Å²) in [5.74, 6) is -0.135. The van der Waals surface area contributed by atoms with Crippen LogP contribution in [-0.4, -0.2) is 23.7 Å². The molecule has 0 unspecified atom stereocenters. The SMILES string of the molecule is COC(=NO)c1cccc(SC(F)(F)F)c1. The molecule has 1 aromatic carbocycles. The molecule has 3 nitrogen and oxygen atoms in total. The van der Waals surface area contributed by atoms with Crippen LogP contribution in [0.3, 0.4) is 0 Å². The minimum absolute atomic E-state index is 0.00296. The normalized spacial score (nSPS) is 12.6. The molecule has 0 spiro atoms. The first-order valence-corrected chi connectivity index (χ1v) is 4.90. The molecular weight excluding hydrogens is 243 g/mol. The predicted molar refractivity (Wildman–Crippen MR) is 53.7 cm³/mol. The average molecular weight is 251 g/mol. The van der Waals surface area contributed by atoms with E-state index < -0.39 is 5.51 Å². The Balaban J connectivity index is 2.95. The number of benzene rings is 1. The van der Waals surface area contributed by atoms with E-state index in [9.17, 15) is 13.2 Å². The van der Waals surface area contributed by atoms with Gasteiger partial charge in [-0.3, -0.25) is 0 Å². The van der Waals surface area contributed by atoms with Crippen LogP contribution < -0.4 is 0 Å². The van der Waals surface area contributed by atoms with Crippen LogP contribution in [0.5, 0.6) is 0 Å². The molecule has 0 amide bonds. The summed E-state index contributed by atoms with van der Waals surface area (Å²) in [6.07, 6.45) is 0. The third-order valence-corrected chi connectivity index (χ3v) is 2.32. The Morgan fingerprint density at radius 3 is 2.62 bits per heavy atom. The Morgan fingerprint density at radius 1 is 1.44 bits per heavy atom. The molecule has 0 bridgehead atoms. The molecule has 0 saturated carbocycles. The lowest BCUT2D eigenvalue weighted by Crippen LogP contribution is -2.04. The van der Waals surface area contributed by atoms with E-state index in [0.29, 0.717) is 0 Å². The third-order valence-electron chi connectivity index (χ3n) is 1.60. The third kappa shape index (κ3) is 3.65. The second-order valence-electron chi connectivity index (χ2n) is 2.68. The highest BCUT2D eigenvalue weighted by molar-refractivity contribution is 8.00. The van der Waals surface area contributed by atoms with Crippen molar-refractivity contribution in [3.05, 3.63) is 29.8 Å². The number of oxime groups is 1. The first-order valence-electron chi connectivity index (χ1n) is 4.08. The second kappa shape index (κ2) is 5.11. The van der Waals surface area contributed by atoms with Gasteiger partial charge in [-0.25, -0.2) is 0 Å². The summed E-state index contributed by atoms with van der Waals surface area (Å²) in [4.78, 5) is 0.00296. The van der Waals surface area contributed by atoms with Crippen LogP contribution in [-0.2, 0) is 4.74 Å². The quantitative estimate of drug-likeness (QED) is 0.289. The molecule has 1 rings (SSSR count). The zero-order chi connectivity index (χ0) is 12.2. The minimum Gasteiger partial charge on any atom is -0.479 e. The molecule has 0 aliphatic rings. The maximum Gasteiger partial charge on any atom is 0.446 e. The maximum atomic E-state index is 12.1. The fraction of sp³-hybridized carbons (Fsp3) is 0.222. The van der Waals surface area contributed by atoms with Crippen molar-refractivity contribution in [1.82, 2.24) is 0 Å². The molecule has 88 valence electrons. The molecule has 0 saturated heterocycles. The molecule has 1 aromatic rings. The van der Waals surface area contributed by atoms with Gasteiger partial charge in [0.25, 0.3) is 5.90 Å². The summed E-state index contributed by atoms with van der Waals surface area (Å²) >= 11 is -0.239. The summed E-state index contributed by atoms with van der Waals surface area (Å²) in [5, 5.41) is 11.4. The van der Waals surface area contributed by atoms with Crippen molar-refractivity contribution < 1.29 is 23.1 Å². The Morgan fingerprint density at radius 2 is 2.12 bits per heavy atom. The Labute approximate surface area is 93.9 Å². The van der Waals surface area contributed by atoms with Crippen molar-refractivity contribution in [1.29, 1.82) is 0 Å². The molecule has 0 aromatic heterocycles. The number of nitrogens with zero attached hydrogens (tertiary/aromatic N) is 1. The monoisotopic (exact) mass is 251 g/mol. The van der Waals surface area contributed by atoms with Crippen LogP contribution in [0.15, 0.2) is 34.3 Å². The van der Waals surface area contributed by atoms with E-state index in [2.05, 4.69) is 9.89 Å². The van der Waals surface area contributed by atoms with Crippen LogP contribution >= 0.6 is 11.8 Å². The summed E-state index contributed by atoms with van der Waals surface area (Å²) in [6, 6.07) is 5.45. The first-order chi connectivity index (χ1) is 7.46. The topological polar surface area (TPSA) is 41.8 Å². The highest BCUT2D eigenvalue weighted by Gasteiger charge is 2.29. The van der Waals surface area contributed by atoms with Crippen LogP contribution in [0.4, 0.5) is 13.2 Å². The standard InChI is InChI=1S/C9H8F3NO2S/c1-15-8(13-14)6-3-2-4-7(5-6)16-9(10,11)12/h2-5,14H,1H3. The Hall–Kier alpha value is -1.37. The lowest BCUT2D eigenvalue weighted by atomic mass is 10.2. The fourth-order valence-electron chi connectivity index (χ4n) is 1.04. The van der Waals surface area contributed by atoms with Crippen molar-refractivity contribution >= 4 is 17.7 Å². The highest BCUT2D eigenvalue weighted by Crippen LogP contribution is 2.36. The molecule has 7 heteroatoms. The molecule has 0 radical (unpaired) electrons. The van der Waals surface area contributed by atoms with Gasteiger partial charge in [0.1, 0.15) is 0 Å². The van der Waals surface area contributed by atoms with Gasteiger partial charge in [0, 0.05) is 10.5 Å². The van der Waals surface area contributed by atoms with E-state index in [1.165, 1.54) is 31.4 Å². The van der Waals surface area contributed by atoms with Gasteiger partial charge in [0.2, 0.25) is 0 Å². The van der Waals surface area contributed by atoms with E-state index in [0.717, 1.165) is 0 Å². The molecule has 0 heterocycles. The van der Waals surface area contributed by atoms with E-state index in [4.69, 9.17) is 5.21 Å². The number of hydrogen-bond donors (Lipinski definition) is 1. The number of methoxy groups -OCH3 is 1. The number of ether oxygens (including phenoxy) is 1. The number of rotatable bonds is 2. The van der Waals surface area contributed by atoms with Crippen LogP contribution in [0.2, 0.25) is 0 Å². The molecule has 0 atom stereocenters.